The number of hydrogen-bond donors (Lipinski definition) is 4. The lowest BCUT2D eigenvalue weighted by Crippen LogP contribution is -2.41. The molecule has 0 aromatic heterocycles. The summed E-state index contributed by atoms with van der Waals surface area (Å²) in [6, 6.07) is 32.5. The SMILES string of the molecule is O=C(NCCNCCN1C(=O)c2cc3ccccc3cc2C1=O)c1cc(C(=O)NCCNCCN2C(=O)c3cc4ccccc4cc3C2=O)cc(N2C(=O)c3cccc4cc([N+](=O)[O-])cc(c34)C2=O)c1. The van der Waals surface area contributed by atoms with Crippen molar-refractivity contribution < 1.29 is 43.3 Å². The van der Waals surface area contributed by atoms with E-state index in [9.17, 15) is 48.5 Å². The summed E-state index contributed by atoms with van der Waals surface area (Å²) in [5.41, 5.74) is 0.650. The van der Waals surface area contributed by atoms with E-state index in [2.05, 4.69) is 21.3 Å². The van der Waals surface area contributed by atoms with E-state index in [4.69, 9.17) is 0 Å². The first-order chi connectivity index (χ1) is 33.9. The van der Waals surface area contributed by atoms with Gasteiger partial charge in [-0.15, -0.1) is 0 Å². The molecule has 8 amide bonds. The predicted octanol–water partition coefficient (Wildman–Crippen LogP) is 5.09. The van der Waals surface area contributed by atoms with Crippen LogP contribution >= 0.6 is 0 Å². The second-order valence-electron chi connectivity index (χ2n) is 16.9. The summed E-state index contributed by atoms with van der Waals surface area (Å²) in [7, 11) is 0. The molecule has 18 nitrogen and oxygen atoms in total. The standard InChI is InChI=1S/C52H40N8O10/c61-45(55-14-12-53-16-18-57-47(63)39-24-29-6-1-2-7-30(29)25-40(39)48(57)64)34-20-35(23-36(22-34)59-51(67)38-11-5-10-33-21-37(60(69)70)28-43(44(33)38)52(59)68)46(62)56-15-13-54-17-19-58-49(65)41-26-31-8-3-4-9-32(31)27-42(41)50(58)66/h1-11,20-28,53-54H,12-19H2,(H,55,61)(H,56,62). The van der Waals surface area contributed by atoms with Crippen LogP contribution in [-0.4, -0.2) is 114 Å². The first-order valence-electron chi connectivity index (χ1n) is 22.4. The molecule has 18 heteroatoms. The Morgan fingerprint density at radius 2 is 0.871 bits per heavy atom. The Bertz CT molecular complexity index is 3210. The molecule has 4 N–H and O–H groups in total. The van der Waals surface area contributed by atoms with Crippen molar-refractivity contribution >= 4 is 90.9 Å². The number of carbonyl (C=O) groups excluding carboxylic acids is 8. The quantitative estimate of drug-likeness (QED) is 0.0430. The van der Waals surface area contributed by atoms with Gasteiger partial charge in [-0.1, -0.05) is 60.7 Å². The number of rotatable bonds is 16. The number of nitrogens with one attached hydrogen (secondary N) is 4. The molecule has 348 valence electrons. The van der Waals surface area contributed by atoms with Crippen LogP contribution in [0.4, 0.5) is 11.4 Å². The van der Waals surface area contributed by atoms with Crippen molar-refractivity contribution in [1.82, 2.24) is 31.1 Å². The minimum absolute atomic E-state index is 0.0574. The lowest BCUT2D eigenvalue weighted by atomic mass is 9.92. The van der Waals surface area contributed by atoms with E-state index in [0.29, 0.717) is 27.6 Å². The van der Waals surface area contributed by atoms with E-state index < -0.39 is 52.2 Å². The predicted molar refractivity (Wildman–Crippen MR) is 257 cm³/mol. The van der Waals surface area contributed by atoms with Crippen LogP contribution in [-0.2, 0) is 0 Å². The van der Waals surface area contributed by atoms with Crippen LogP contribution in [0, 0.1) is 10.1 Å². The minimum Gasteiger partial charge on any atom is -0.351 e. The van der Waals surface area contributed by atoms with Gasteiger partial charge in [0.05, 0.1) is 38.4 Å². The van der Waals surface area contributed by atoms with Gasteiger partial charge in [-0.05, 0) is 75.5 Å². The molecule has 0 saturated carbocycles. The molecule has 70 heavy (non-hydrogen) atoms. The molecule has 0 fully saturated rings. The molecule has 10 rings (SSSR count). The van der Waals surface area contributed by atoms with E-state index in [1.165, 1.54) is 46.2 Å². The van der Waals surface area contributed by atoms with Gasteiger partial charge in [-0.3, -0.25) is 58.3 Å². The van der Waals surface area contributed by atoms with E-state index in [1.807, 2.05) is 48.5 Å². The maximum atomic E-state index is 14.2. The van der Waals surface area contributed by atoms with Crippen molar-refractivity contribution in [3.8, 4) is 0 Å². The van der Waals surface area contributed by atoms with Crippen LogP contribution in [0.2, 0.25) is 0 Å². The number of amides is 8. The third-order valence-corrected chi connectivity index (χ3v) is 12.6. The van der Waals surface area contributed by atoms with Crippen LogP contribution in [0.25, 0.3) is 32.3 Å². The number of hydrogen-bond acceptors (Lipinski definition) is 12. The molecule has 0 atom stereocenters. The zero-order chi connectivity index (χ0) is 48.8. The second kappa shape index (κ2) is 18.2. The van der Waals surface area contributed by atoms with Crippen LogP contribution in [0.3, 0.4) is 0 Å². The maximum absolute atomic E-state index is 14.2. The number of nitro groups is 1. The van der Waals surface area contributed by atoms with Gasteiger partial charge >= 0.3 is 0 Å². The average molecular weight is 937 g/mol. The van der Waals surface area contributed by atoms with E-state index >= 15 is 0 Å². The number of fused-ring (bicyclic) bond motifs is 4. The van der Waals surface area contributed by atoms with Crippen LogP contribution in [0.15, 0.2) is 121 Å². The van der Waals surface area contributed by atoms with Crippen molar-refractivity contribution in [1.29, 1.82) is 0 Å². The summed E-state index contributed by atoms with van der Waals surface area (Å²) in [5, 5.41) is 27.5. The highest BCUT2D eigenvalue weighted by Gasteiger charge is 2.38. The van der Waals surface area contributed by atoms with Crippen molar-refractivity contribution in [3.05, 3.63) is 176 Å². The second-order valence-corrected chi connectivity index (χ2v) is 16.9. The molecule has 0 spiro atoms. The zero-order valence-corrected chi connectivity index (χ0v) is 37.1. The largest absolute Gasteiger partial charge is 0.351 e. The van der Waals surface area contributed by atoms with Crippen molar-refractivity contribution in [2.75, 3.05) is 57.3 Å². The van der Waals surface area contributed by atoms with Gasteiger partial charge < -0.3 is 21.3 Å². The molecule has 3 heterocycles. The number of nitro benzene ring substituents is 1. The Kier molecular flexibility index (Phi) is 11.7. The third-order valence-electron chi connectivity index (χ3n) is 12.6. The van der Waals surface area contributed by atoms with Crippen molar-refractivity contribution in [3.63, 3.8) is 0 Å². The summed E-state index contributed by atoms with van der Waals surface area (Å²) in [6.45, 7) is 1.15. The molecular weight excluding hydrogens is 897 g/mol. The van der Waals surface area contributed by atoms with Crippen molar-refractivity contribution in [2.45, 2.75) is 0 Å². The van der Waals surface area contributed by atoms with Gasteiger partial charge in [-0.2, -0.15) is 0 Å². The maximum Gasteiger partial charge on any atom is 0.270 e. The van der Waals surface area contributed by atoms with Gasteiger partial charge in [0.25, 0.3) is 52.9 Å². The molecule has 0 aliphatic carbocycles. The number of imide groups is 3. The van der Waals surface area contributed by atoms with E-state index in [-0.39, 0.29) is 91.4 Å². The Morgan fingerprint density at radius 1 is 0.443 bits per heavy atom. The zero-order valence-electron chi connectivity index (χ0n) is 37.1. The molecule has 3 aliphatic heterocycles. The highest BCUT2D eigenvalue weighted by Crippen LogP contribution is 2.36. The molecule has 0 saturated heterocycles. The number of nitrogens with zero attached hydrogens (tertiary/aromatic N) is 4. The topological polar surface area (TPSA) is 238 Å². The normalized spacial score (nSPS) is 14.0. The van der Waals surface area contributed by atoms with E-state index in [1.54, 1.807) is 30.3 Å². The Hall–Kier alpha value is -9.00. The summed E-state index contributed by atoms with van der Waals surface area (Å²) < 4.78 is 0. The third kappa shape index (κ3) is 8.05. The minimum atomic E-state index is -0.896. The summed E-state index contributed by atoms with van der Waals surface area (Å²) >= 11 is 0. The molecule has 0 bridgehead atoms. The van der Waals surface area contributed by atoms with Crippen molar-refractivity contribution in [2.24, 2.45) is 0 Å². The van der Waals surface area contributed by atoms with Crippen LogP contribution in [0.1, 0.15) is 82.9 Å². The highest BCUT2D eigenvalue weighted by atomic mass is 16.6. The first kappa shape index (κ1) is 44.8. The highest BCUT2D eigenvalue weighted by molar-refractivity contribution is 6.36. The Labute approximate surface area is 397 Å². The lowest BCUT2D eigenvalue weighted by Gasteiger charge is -2.27. The van der Waals surface area contributed by atoms with Gasteiger partial charge in [-0.25, -0.2) is 4.90 Å². The molecule has 7 aromatic rings. The summed E-state index contributed by atoms with van der Waals surface area (Å²) in [4.78, 5) is 123. The van der Waals surface area contributed by atoms with Gasteiger partial charge in [0, 0.05) is 86.6 Å². The van der Waals surface area contributed by atoms with E-state index in [0.717, 1.165) is 32.5 Å². The fourth-order valence-electron chi connectivity index (χ4n) is 9.16. The number of non-ortho nitro benzene ring substituents is 1. The fourth-order valence-corrected chi connectivity index (χ4v) is 9.16. The van der Waals surface area contributed by atoms with Gasteiger partial charge in [0.2, 0.25) is 0 Å². The summed E-state index contributed by atoms with van der Waals surface area (Å²) in [6.07, 6.45) is 0. The molecule has 0 radical (unpaired) electrons. The smallest absolute Gasteiger partial charge is 0.270 e. The monoisotopic (exact) mass is 936 g/mol. The first-order valence-corrected chi connectivity index (χ1v) is 22.4. The van der Waals surface area contributed by atoms with Gasteiger partial charge in [0.1, 0.15) is 0 Å². The molecule has 0 unspecified atom stereocenters. The summed E-state index contributed by atoms with van der Waals surface area (Å²) in [5.74, 6) is -4.57. The average Bonchev–Trinajstić information content (AvgIpc) is 3.74. The lowest BCUT2D eigenvalue weighted by molar-refractivity contribution is -0.384. The fraction of sp³-hybridized carbons (Fsp3) is 0.154. The molecular formula is C52H40N8O10. The number of anilines is 1. The van der Waals surface area contributed by atoms with Crippen LogP contribution in [0.5, 0.6) is 0 Å². The number of benzene rings is 7. The van der Waals surface area contributed by atoms with Crippen LogP contribution < -0.4 is 26.2 Å². The molecule has 7 aromatic carbocycles. The molecule has 3 aliphatic rings. The Balaban J connectivity index is 0.800. The Morgan fingerprint density at radius 3 is 1.31 bits per heavy atom. The van der Waals surface area contributed by atoms with Gasteiger partial charge in [0.15, 0.2) is 0 Å². The number of carbonyl (C=O) groups is 8.